The average Bonchev–Trinajstić information content (AvgIpc) is 2.70. The maximum atomic E-state index is 13.5. The van der Waals surface area contributed by atoms with Crippen molar-refractivity contribution in [3.05, 3.63) is 58.7 Å². The van der Waals surface area contributed by atoms with Crippen LogP contribution in [0.1, 0.15) is 30.4 Å². The van der Waals surface area contributed by atoms with Gasteiger partial charge >= 0.3 is 6.18 Å². The summed E-state index contributed by atoms with van der Waals surface area (Å²) in [5, 5.41) is 5.16. The third-order valence-electron chi connectivity index (χ3n) is 5.23. The van der Waals surface area contributed by atoms with Gasteiger partial charge in [0.25, 0.3) is 0 Å². The van der Waals surface area contributed by atoms with Crippen molar-refractivity contribution in [1.82, 2.24) is 9.91 Å². The number of aryl methyl sites for hydroxylation is 1. The van der Waals surface area contributed by atoms with E-state index in [0.29, 0.717) is 29.3 Å². The van der Waals surface area contributed by atoms with Gasteiger partial charge < -0.3 is 4.90 Å². The third kappa shape index (κ3) is 5.00. The molecule has 0 fully saturated rings. The van der Waals surface area contributed by atoms with Crippen LogP contribution in [-0.4, -0.2) is 53.2 Å². The minimum absolute atomic E-state index is 0.0851. The summed E-state index contributed by atoms with van der Waals surface area (Å²) in [4.78, 5) is 25.9. The second-order valence-electron chi connectivity index (χ2n) is 7.40. The monoisotopic (exact) mass is 441 g/mol. The van der Waals surface area contributed by atoms with Gasteiger partial charge in [-0.1, -0.05) is 6.07 Å². The number of carbonyl (C=O) groups excluding carboxylic acids is 2. The topological polar surface area (TPSA) is 53.0 Å². The first-order chi connectivity index (χ1) is 14.5. The van der Waals surface area contributed by atoms with Crippen molar-refractivity contribution >= 4 is 17.5 Å². The molecule has 0 aromatic heterocycles. The zero-order valence-electron chi connectivity index (χ0n) is 16.8. The molecule has 1 aliphatic carbocycles. The van der Waals surface area contributed by atoms with Gasteiger partial charge in [-0.3, -0.25) is 9.59 Å². The second-order valence-corrected chi connectivity index (χ2v) is 7.40. The van der Waals surface area contributed by atoms with E-state index in [9.17, 15) is 31.5 Å². The third-order valence-corrected chi connectivity index (χ3v) is 5.23. The van der Waals surface area contributed by atoms with Crippen LogP contribution in [0.4, 0.5) is 22.0 Å². The lowest BCUT2D eigenvalue weighted by Crippen LogP contribution is -2.45. The first-order valence-electron chi connectivity index (χ1n) is 9.52. The molecule has 0 spiro atoms. The molecule has 1 unspecified atom stereocenters. The molecule has 1 atom stereocenters. The van der Waals surface area contributed by atoms with Crippen LogP contribution in [0.5, 0.6) is 0 Å². The van der Waals surface area contributed by atoms with Crippen LogP contribution in [0.3, 0.4) is 0 Å². The van der Waals surface area contributed by atoms with E-state index in [1.807, 2.05) is 0 Å². The molecule has 2 aliphatic rings. The lowest BCUT2D eigenvalue weighted by molar-refractivity contribution is -0.141. The molecule has 0 N–H and O–H groups in total. The molecule has 0 saturated heterocycles. The standard InChI is InChI=1S/C21H20F5N3O2/c1-12-9-13(3-5-16(12)22)18-7-8-19(30)29(27-18)11-20(31)28(2)14-4-6-17(23)15(10-14)21(24,25)26/h3,5-6,9-10,14H,4,7-8,11H2,1-2H3. The Balaban J connectivity index is 1.76. The number of halogens is 5. The molecule has 3 rings (SSSR count). The van der Waals surface area contributed by atoms with E-state index < -0.39 is 42.0 Å². The fourth-order valence-corrected chi connectivity index (χ4v) is 3.35. The number of hydrogen-bond acceptors (Lipinski definition) is 3. The molecule has 0 radical (unpaired) electrons. The maximum absolute atomic E-state index is 13.5. The molecule has 31 heavy (non-hydrogen) atoms. The van der Waals surface area contributed by atoms with Crippen LogP contribution < -0.4 is 0 Å². The highest BCUT2D eigenvalue weighted by molar-refractivity contribution is 6.04. The Bertz CT molecular complexity index is 997. The van der Waals surface area contributed by atoms with Crippen molar-refractivity contribution in [3.63, 3.8) is 0 Å². The van der Waals surface area contributed by atoms with Gasteiger partial charge in [0.05, 0.1) is 17.3 Å². The van der Waals surface area contributed by atoms with Crippen molar-refractivity contribution in [2.24, 2.45) is 5.10 Å². The summed E-state index contributed by atoms with van der Waals surface area (Å²) in [6.45, 7) is 1.12. The van der Waals surface area contributed by atoms with Crippen LogP contribution in [0.15, 0.2) is 46.9 Å². The minimum Gasteiger partial charge on any atom is -0.337 e. The molecule has 2 amide bonds. The van der Waals surface area contributed by atoms with Crippen molar-refractivity contribution in [1.29, 1.82) is 0 Å². The van der Waals surface area contributed by atoms with E-state index in [4.69, 9.17) is 0 Å². The molecule has 0 bridgehead atoms. The van der Waals surface area contributed by atoms with Crippen molar-refractivity contribution in [3.8, 4) is 0 Å². The van der Waals surface area contributed by atoms with Crippen molar-refractivity contribution in [2.75, 3.05) is 13.6 Å². The molecule has 1 aromatic rings. The molecule has 166 valence electrons. The van der Waals surface area contributed by atoms with E-state index in [1.54, 1.807) is 13.0 Å². The molecule has 5 nitrogen and oxygen atoms in total. The molecule has 1 aromatic carbocycles. The number of carbonyl (C=O) groups is 2. The fourth-order valence-electron chi connectivity index (χ4n) is 3.35. The Morgan fingerprint density at radius 3 is 2.61 bits per heavy atom. The highest BCUT2D eigenvalue weighted by atomic mass is 19.4. The number of hydrazone groups is 1. The fraction of sp³-hybridized carbons (Fsp3) is 0.381. The number of rotatable bonds is 4. The molecule has 0 saturated carbocycles. The van der Waals surface area contributed by atoms with E-state index in [-0.39, 0.29) is 18.7 Å². The van der Waals surface area contributed by atoms with E-state index in [1.165, 1.54) is 19.2 Å². The summed E-state index contributed by atoms with van der Waals surface area (Å²) in [5.41, 5.74) is 0.0941. The number of allylic oxidation sites excluding steroid dienone is 2. The van der Waals surface area contributed by atoms with Gasteiger partial charge in [-0.2, -0.15) is 18.3 Å². The number of benzene rings is 1. The number of likely N-dealkylation sites (N-methyl/N-ethyl adjacent to an activating group) is 1. The lowest BCUT2D eigenvalue weighted by atomic mass is 10.00. The van der Waals surface area contributed by atoms with Gasteiger partial charge in [0.2, 0.25) is 11.8 Å². The number of alkyl halides is 3. The normalized spacial score (nSPS) is 19.6. The minimum atomic E-state index is -4.88. The summed E-state index contributed by atoms with van der Waals surface area (Å²) < 4.78 is 65.9. The van der Waals surface area contributed by atoms with Gasteiger partial charge in [-0.25, -0.2) is 13.8 Å². The Labute approximate surface area is 175 Å². The van der Waals surface area contributed by atoms with Gasteiger partial charge in [-0.05, 0) is 48.8 Å². The van der Waals surface area contributed by atoms with Gasteiger partial charge in [-0.15, -0.1) is 0 Å². The summed E-state index contributed by atoms with van der Waals surface area (Å²) in [5.74, 6) is -2.81. The van der Waals surface area contributed by atoms with Gasteiger partial charge in [0, 0.05) is 19.9 Å². The van der Waals surface area contributed by atoms with E-state index >= 15 is 0 Å². The van der Waals surface area contributed by atoms with E-state index in [2.05, 4.69) is 5.10 Å². The van der Waals surface area contributed by atoms with Gasteiger partial charge in [0.15, 0.2) is 0 Å². The average molecular weight is 441 g/mol. The number of hydrogen-bond donors (Lipinski definition) is 0. The predicted octanol–water partition coefficient (Wildman–Crippen LogP) is 4.03. The summed E-state index contributed by atoms with van der Waals surface area (Å²) >= 11 is 0. The Hall–Kier alpha value is -3.04. The quantitative estimate of drug-likeness (QED) is 0.663. The highest BCUT2D eigenvalue weighted by Gasteiger charge is 2.39. The number of nitrogens with zero attached hydrogens (tertiary/aromatic N) is 3. The highest BCUT2D eigenvalue weighted by Crippen LogP contribution is 2.35. The lowest BCUT2D eigenvalue weighted by Gasteiger charge is -2.31. The van der Waals surface area contributed by atoms with Crippen LogP contribution in [0.25, 0.3) is 0 Å². The first kappa shape index (κ1) is 22.6. The van der Waals surface area contributed by atoms with Crippen molar-refractivity contribution in [2.45, 2.75) is 38.4 Å². The Kier molecular flexibility index (Phi) is 6.28. The molecular weight excluding hydrogens is 421 g/mol. The number of amides is 2. The van der Waals surface area contributed by atoms with Crippen LogP contribution in [0.2, 0.25) is 0 Å². The predicted molar refractivity (Wildman–Crippen MR) is 103 cm³/mol. The largest absolute Gasteiger partial charge is 0.418 e. The van der Waals surface area contributed by atoms with Crippen molar-refractivity contribution < 1.29 is 31.5 Å². The SMILES string of the molecule is Cc1cc(C2=NN(CC(=O)N(C)C3C=C(C(F)(F)F)C(F)=CC3)C(=O)CC2)ccc1F. The van der Waals surface area contributed by atoms with Gasteiger partial charge in [0.1, 0.15) is 18.2 Å². The summed E-state index contributed by atoms with van der Waals surface area (Å²) in [6.07, 6.45) is -3.14. The zero-order chi connectivity index (χ0) is 22.9. The molecule has 1 heterocycles. The summed E-state index contributed by atoms with van der Waals surface area (Å²) in [7, 11) is 1.29. The maximum Gasteiger partial charge on any atom is 0.418 e. The molecule has 10 heteroatoms. The first-order valence-corrected chi connectivity index (χ1v) is 9.52. The second kappa shape index (κ2) is 8.60. The van der Waals surface area contributed by atoms with Crippen LogP contribution in [-0.2, 0) is 9.59 Å². The summed E-state index contributed by atoms with van der Waals surface area (Å²) in [6, 6.07) is 3.39. The van der Waals surface area contributed by atoms with E-state index in [0.717, 1.165) is 16.0 Å². The van der Waals surface area contributed by atoms with Crippen LogP contribution in [0, 0.1) is 12.7 Å². The molecule has 1 aliphatic heterocycles. The Morgan fingerprint density at radius 1 is 1.26 bits per heavy atom. The smallest absolute Gasteiger partial charge is 0.337 e. The van der Waals surface area contributed by atoms with Crippen LogP contribution >= 0.6 is 0 Å². The zero-order valence-corrected chi connectivity index (χ0v) is 16.8. The molecular formula is C21H20F5N3O2. The Morgan fingerprint density at radius 2 is 1.97 bits per heavy atom.